The molecule has 0 amide bonds. The molecule has 110 valence electrons. The summed E-state index contributed by atoms with van der Waals surface area (Å²) in [5.41, 5.74) is -0.764. The van der Waals surface area contributed by atoms with Crippen molar-refractivity contribution in [3.05, 3.63) is 33.9 Å². The molecule has 1 unspecified atom stereocenters. The average molecular weight is 284 g/mol. The third-order valence-corrected chi connectivity index (χ3v) is 3.95. The van der Waals surface area contributed by atoms with Gasteiger partial charge in [0.15, 0.2) is 0 Å². The minimum atomic E-state index is -1.15. The molecule has 6 heteroatoms. The largest absolute Gasteiger partial charge is 0.377 e. The van der Waals surface area contributed by atoms with Crippen LogP contribution in [0.5, 0.6) is 0 Å². The number of nitrogens with one attached hydrogen (secondary N) is 1. The van der Waals surface area contributed by atoms with Crippen LogP contribution in [0.1, 0.15) is 39.0 Å². The predicted molar refractivity (Wildman–Crippen MR) is 72.7 cm³/mol. The van der Waals surface area contributed by atoms with Gasteiger partial charge in [0.25, 0.3) is 0 Å². The maximum atomic E-state index is 13.5. The first-order valence-corrected chi connectivity index (χ1v) is 6.89. The zero-order valence-corrected chi connectivity index (χ0v) is 11.4. The van der Waals surface area contributed by atoms with Crippen LogP contribution in [-0.2, 0) is 0 Å². The molecule has 2 rings (SSSR count). The standard InChI is InChI=1S/C14H18F2N2O2/c1-9(10-5-3-2-4-6-10)17-13-8-11(15)7-12(16)14(13)18(19)20/h7-10,17H,2-6H2,1H3. The van der Waals surface area contributed by atoms with E-state index in [1.54, 1.807) is 0 Å². The second-order valence-electron chi connectivity index (χ2n) is 5.37. The molecule has 0 radical (unpaired) electrons. The lowest BCUT2D eigenvalue weighted by atomic mass is 9.84. The van der Waals surface area contributed by atoms with E-state index in [1.165, 1.54) is 6.42 Å². The Kier molecular flexibility index (Phi) is 4.52. The molecular weight excluding hydrogens is 266 g/mol. The fourth-order valence-electron chi connectivity index (χ4n) is 2.86. The van der Waals surface area contributed by atoms with Crippen molar-refractivity contribution in [2.24, 2.45) is 5.92 Å². The summed E-state index contributed by atoms with van der Waals surface area (Å²) in [7, 11) is 0. The second-order valence-corrected chi connectivity index (χ2v) is 5.37. The van der Waals surface area contributed by atoms with Crippen molar-refractivity contribution in [1.29, 1.82) is 0 Å². The first-order chi connectivity index (χ1) is 9.49. The first-order valence-electron chi connectivity index (χ1n) is 6.89. The van der Waals surface area contributed by atoms with Gasteiger partial charge in [-0.3, -0.25) is 10.1 Å². The highest BCUT2D eigenvalue weighted by atomic mass is 19.1. The Morgan fingerprint density at radius 1 is 1.30 bits per heavy atom. The maximum absolute atomic E-state index is 13.5. The SMILES string of the molecule is CC(Nc1cc(F)cc(F)c1[N+](=O)[O-])C1CCCCC1. The molecule has 0 spiro atoms. The number of nitrogens with zero attached hydrogens (tertiary/aromatic N) is 1. The molecule has 20 heavy (non-hydrogen) atoms. The Hall–Kier alpha value is -1.72. The molecular formula is C14H18F2N2O2. The topological polar surface area (TPSA) is 55.2 Å². The fraction of sp³-hybridized carbons (Fsp3) is 0.571. The van der Waals surface area contributed by atoms with Crippen LogP contribution in [0, 0.1) is 27.7 Å². The van der Waals surface area contributed by atoms with Crippen molar-refractivity contribution in [2.45, 2.75) is 45.1 Å². The van der Waals surface area contributed by atoms with Gasteiger partial charge in [-0.05, 0) is 25.7 Å². The number of hydrogen-bond donors (Lipinski definition) is 1. The van der Waals surface area contributed by atoms with Crippen LogP contribution in [0.2, 0.25) is 0 Å². The summed E-state index contributed by atoms with van der Waals surface area (Å²) in [4.78, 5) is 10.1. The zero-order valence-electron chi connectivity index (χ0n) is 11.4. The second kappa shape index (κ2) is 6.15. The fourth-order valence-corrected chi connectivity index (χ4v) is 2.86. The van der Waals surface area contributed by atoms with Gasteiger partial charge in [0.05, 0.1) is 4.92 Å². The summed E-state index contributed by atoms with van der Waals surface area (Å²) < 4.78 is 26.8. The maximum Gasteiger partial charge on any atom is 0.327 e. The van der Waals surface area contributed by atoms with Crippen LogP contribution >= 0.6 is 0 Å². The Labute approximate surface area is 116 Å². The lowest BCUT2D eigenvalue weighted by Crippen LogP contribution is -2.28. The van der Waals surface area contributed by atoms with E-state index in [4.69, 9.17) is 0 Å². The van der Waals surface area contributed by atoms with E-state index < -0.39 is 22.2 Å². The lowest BCUT2D eigenvalue weighted by molar-refractivity contribution is -0.386. The van der Waals surface area contributed by atoms with E-state index in [0.717, 1.165) is 31.7 Å². The summed E-state index contributed by atoms with van der Waals surface area (Å²) in [6.45, 7) is 1.91. The van der Waals surface area contributed by atoms with E-state index in [-0.39, 0.29) is 11.7 Å². The Bertz CT molecular complexity index is 502. The molecule has 4 nitrogen and oxygen atoms in total. The average Bonchev–Trinajstić information content (AvgIpc) is 2.38. The minimum Gasteiger partial charge on any atom is -0.377 e. The van der Waals surface area contributed by atoms with Crippen molar-refractivity contribution >= 4 is 11.4 Å². The van der Waals surface area contributed by atoms with E-state index in [1.807, 2.05) is 6.92 Å². The van der Waals surface area contributed by atoms with Crippen LogP contribution in [0.25, 0.3) is 0 Å². The molecule has 1 saturated carbocycles. The van der Waals surface area contributed by atoms with Crippen LogP contribution < -0.4 is 5.32 Å². The van der Waals surface area contributed by atoms with E-state index in [0.29, 0.717) is 12.0 Å². The van der Waals surface area contributed by atoms with Crippen LogP contribution in [0.3, 0.4) is 0 Å². The number of nitro benzene ring substituents is 1. The van der Waals surface area contributed by atoms with Gasteiger partial charge >= 0.3 is 5.69 Å². The van der Waals surface area contributed by atoms with Gasteiger partial charge in [-0.1, -0.05) is 19.3 Å². The Morgan fingerprint density at radius 3 is 2.55 bits per heavy atom. The highest BCUT2D eigenvalue weighted by Gasteiger charge is 2.26. The molecule has 0 aliphatic heterocycles. The lowest BCUT2D eigenvalue weighted by Gasteiger charge is -2.28. The van der Waals surface area contributed by atoms with E-state index in [9.17, 15) is 18.9 Å². The van der Waals surface area contributed by atoms with Gasteiger partial charge in [0, 0.05) is 18.2 Å². The summed E-state index contributed by atoms with van der Waals surface area (Å²) in [6.07, 6.45) is 5.56. The molecule has 0 heterocycles. The van der Waals surface area contributed by atoms with Gasteiger partial charge in [0.2, 0.25) is 5.82 Å². The van der Waals surface area contributed by atoms with Gasteiger partial charge in [-0.25, -0.2) is 4.39 Å². The molecule has 0 saturated heterocycles. The smallest absolute Gasteiger partial charge is 0.327 e. The van der Waals surface area contributed by atoms with Gasteiger partial charge in [-0.2, -0.15) is 4.39 Å². The Morgan fingerprint density at radius 2 is 1.95 bits per heavy atom. The van der Waals surface area contributed by atoms with Crippen molar-refractivity contribution in [3.8, 4) is 0 Å². The van der Waals surface area contributed by atoms with Gasteiger partial charge in [-0.15, -0.1) is 0 Å². The monoisotopic (exact) mass is 284 g/mol. The van der Waals surface area contributed by atoms with E-state index >= 15 is 0 Å². The Balaban J connectivity index is 2.21. The number of halogens is 2. The summed E-state index contributed by atoms with van der Waals surface area (Å²) in [6, 6.07) is 1.48. The number of rotatable bonds is 4. The first kappa shape index (κ1) is 14.7. The van der Waals surface area contributed by atoms with Crippen molar-refractivity contribution in [2.75, 3.05) is 5.32 Å². The number of benzene rings is 1. The van der Waals surface area contributed by atoms with E-state index in [2.05, 4.69) is 5.32 Å². The van der Waals surface area contributed by atoms with Crippen molar-refractivity contribution in [3.63, 3.8) is 0 Å². The molecule has 1 N–H and O–H groups in total. The highest BCUT2D eigenvalue weighted by molar-refractivity contribution is 5.62. The van der Waals surface area contributed by atoms with Crippen molar-refractivity contribution < 1.29 is 13.7 Å². The third kappa shape index (κ3) is 3.23. The quantitative estimate of drug-likeness (QED) is 0.664. The minimum absolute atomic E-state index is 0.0461. The van der Waals surface area contributed by atoms with Crippen LogP contribution in [0.4, 0.5) is 20.2 Å². The van der Waals surface area contributed by atoms with Crippen molar-refractivity contribution in [1.82, 2.24) is 0 Å². The number of nitro groups is 1. The molecule has 1 aromatic rings. The summed E-state index contributed by atoms with van der Waals surface area (Å²) in [5, 5.41) is 13.8. The molecule has 0 bridgehead atoms. The third-order valence-electron chi connectivity index (χ3n) is 3.95. The predicted octanol–water partition coefficient (Wildman–Crippen LogP) is 4.25. The zero-order chi connectivity index (χ0) is 14.7. The summed E-state index contributed by atoms with van der Waals surface area (Å²) >= 11 is 0. The van der Waals surface area contributed by atoms with Crippen LogP contribution in [-0.4, -0.2) is 11.0 Å². The van der Waals surface area contributed by atoms with Gasteiger partial charge < -0.3 is 5.32 Å². The molecule has 1 atom stereocenters. The molecule has 1 aliphatic rings. The van der Waals surface area contributed by atoms with Gasteiger partial charge in [0.1, 0.15) is 11.5 Å². The summed E-state index contributed by atoms with van der Waals surface area (Å²) in [5.74, 6) is -1.57. The number of hydrogen-bond acceptors (Lipinski definition) is 3. The molecule has 1 aliphatic carbocycles. The molecule has 1 aromatic carbocycles. The molecule has 0 aromatic heterocycles. The normalized spacial score (nSPS) is 17.8. The number of anilines is 1. The van der Waals surface area contributed by atoms with Crippen LogP contribution in [0.15, 0.2) is 12.1 Å². The molecule has 1 fully saturated rings. The highest BCUT2D eigenvalue weighted by Crippen LogP contribution is 2.33.